The van der Waals surface area contributed by atoms with E-state index in [-0.39, 0.29) is 18.7 Å². The number of carbonyl (C=O) groups excluding carboxylic acids is 1. The maximum absolute atomic E-state index is 12.9. The first-order chi connectivity index (χ1) is 17.8. The van der Waals surface area contributed by atoms with Gasteiger partial charge in [0.1, 0.15) is 0 Å². The second-order valence-electron chi connectivity index (χ2n) is 8.94. The highest BCUT2D eigenvalue weighted by Gasteiger charge is 2.38. The number of H-pyrrole nitrogens is 1. The SMILES string of the molecule is CS(=O)(=O)N1CCC(c2ccccc2C(F)(F)F)C1.Cc1cc(-c2[nH]nc3ncc(C(N)=O)cc23)ccn1. The number of nitrogens with two attached hydrogens (primary N) is 1. The van der Waals surface area contributed by atoms with Crippen LogP contribution in [0.2, 0.25) is 0 Å². The van der Waals surface area contributed by atoms with E-state index in [0.717, 1.165) is 34.7 Å². The van der Waals surface area contributed by atoms with Crippen molar-refractivity contribution in [2.24, 2.45) is 5.73 Å². The van der Waals surface area contributed by atoms with Crippen molar-refractivity contribution in [3.8, 4) is 11.3 Å². The van der Waals surface area contributed by atoms with E-state index in [2.05, 4.69) is 20.2 Å². The summed E-state index contributed by atoms with van der Waals surface area (Å²) in [6.45, 7) is 2.30. The van der Waals surface area contributed by atoms with Gasteiger partial charge in [-0.05, 0) is 49.1 Å². The third-order valence-electron chi connectivity index (χ3n) is 6.21. The van der Waals surface area contributed by atoms with Gasteiger partial charge in [0.25, 0.3) is 0 Å². The number of fused-ring (bicyclic) bond motifs is 1. The lowest BCUT2D eigenvalue weighted by Gasteiger charge is -2.18. The van der Waals surface area contributed by atoms with E-state index < -0.39 is 33.6 Å². The van der Waals surface area contributed by atoms with Crippen LogP contribution in [0.4, 0.5) is 13.2 Å². The molecule has 0 bridgehead atoms. The molecule has 1 unspecified atom stereocenters. The minimum absolute atomic E-state index is 0.117. The van der Waals surface area contributed by atoms with Gasteiger partial charge < -0.3 is 5.73 Å². The highest BCUT2D eigenvalue weighted by molar-refractivity contribution is 7.88. The van der Waals surface area contributed by atoms with E-state index >= 15 is 0 Å². The predicted molar refractivity (Wildman–Crippen MR) is 136 cm³/mol. The van der Waals surface area contributed by atoms with Crippen LogP contribution in [-0.4, -0.2) is 58.1 Å². The minimum atomic E-state index is -4.41. The molecule has 1 atom stereocenters. The average molecular weight is 547 g/mol. The van der Waals surface area contributed by atoms with Crippen molar-refractivity contribution in [2.45, 2.75) is 25.4 Å². The first kappa shape index (κ1) is 27.2. The molecule has 1 aromatic carbocycles. The second-order valence-corrected chi connectivity index (χ2v) is 10.9. The molecule has 1 aliphatic rings. The fourth-order valence-corrected chi connectivity index (χ4v) is 5.24. The summed E-state index contributed by atoms with van der Waals surface area (Å²) in [5.74, 6) is -0.903. The van der Waals surface area contributed by atoms with Gasteiger partial charge in [0.2, 0.25) is 15.9 Å². The van der Waals surface area contributed by atoms with Gasteiger partial charge in [-0.15, -0.1) is 0 Å². The quantitative estimate of drug-likeness (QED) is 0.399. The Bertz CT molecular complexity index is 1590. The first-order valence-corrected chi connectivity index (χ1v) is 13.4. The Morgan fingerprint density at radius 1 is 1.16 bits per heavy atom. The zero-order valence-corrected chi connectivity index (χ0v) is 21.3. The molecule has 1 saturated heterocycles. The maximum atomic E-state index is 12.9. The van der Waals surface area contributed by atoms with E-state index in [1.807, 2.05) is 19.1 Å². The Labute approximate surface area is 217 Å². The first-order valence-electron chi connectivity index (χ1n) is 11.5. The smallest absolute Gasteiger partial charge is 0.366 e. The lowest BCUT2D eigenvalue weighted by Crippen LogP contribution is -2.27. The van der Waals surface area contributed by atoms with Crippen LogP contribution < -0.4 is 5.73 Å². The molecule has 5 rings (SSSR count). The molecule has 3 N–H and O–H groups in total. The topological polar surface area (TPSA) is 135 Å². The highest BCUT2D eigenvalue weighted by atomic mass is 32.2. The van der Waals surface area contributed by atoms with Crippen LogP contribution >= 0.6 is 0 Å². The molecule has 200 valence electrons. The Morgan fingerprint density at radius 2 is 1.89 bits per heavy atom. The number of aromatic nitrogens is 4. The average Bonchev–Trinajstić information content (AvgIpc) is 3.51. The van der Waals surface area contributed by atoms with Gasteiger partial charge in [-0.3, -0.25) is 14.9 Å². The number of sulfonamides is 1. The van der Waals surface area contributed by atoms with Gasteiger partial charge in [0.15, 0.2) is 5.65 Å². The summed E-state index contributed by atoms with van der Waals surface area (Å²) in [4.78, 5) is 19.5. The molecular weight excluding hydrogens is 521 g/mol. The van der Waals surface area contributed by atoms with Gasteiger partial charge >= 0.3 is 6.18 Å². The number of benzene rings is 1. The number of rotatable bonds is 4. The largest absolute Gasteiger partial charge is 0.416 e. The van der Waals surface area contributed by atoms with E-state index in [0.29, 0.717) is 17.6 Å². The van der Waals surface area contributed by atoms with Gasteiger partial charge in [-0.2, -0.15) is 18.3 Å². The van der Waals surface area contributed by atoms with Gasteiger partial charge in [-0.1, -0.05) is 18.2 Å². The summed E-state index contributed by atoms with van der Waals surface area (Å²) < 4.78 is 62.7. The molecular formula is C25H25F3N6O3S. The highest BCUT2D eigenvalue weighted by Crippen LogP contribution is 2.38. The normalized spacial score (nSPS) is 16.3. The number of aromatic amines is 1. The lowest BCUT2D eigenvalue weighted by atomic mass is 9.93. The lowest BCUT2D eigenvalue weighted by molar-refractivity contribution is -0.138. The molecule has 0 radical (unpaired) electrons. The summed E-state index contributed by atoms with van der Waals surface area (Å²) in [5.41, 5.74) is 8.34. The summed E-state index contributed by atoms with van der Waals surface area (Å²) in [6.07, 6.45) is 0.232. The molecule has 4 heterocycles. The fourth-order valence-electron chi connectivity index (χ4n) is 4.35. The van der Waals surface area contributed by atoms with Crippen molar-refractivity contribution >= 4 is 27.0 Å². The van der Waals surface area contributed by atoms with Gasteiger partial charge in [-0.25, -0.2) is 17.7 Å². The minimum Gasteiger partial charge on any atom is -0.366 e. The molecule has 0 aliphatic carbocycles. The van der Waals surface area contributed by atoms with Crippen molar-refractivity contribution in [2.75, 3.05) is 19.3 Å². The van der Waals surface area contributed by atoms with Gasteiger partial charge in [0, 0.05) is 42.1 Å². The number of carbonyl (C=O) groups is 1. The summed E-state index contributed by atoms with van der Waals surface area (Å²) >= 11 is 0. The molecule has 1 aliphatic heterocycles. The zero-order chi connectivity index (χ0) is 27.7. The molecule has 9 nitrogen and oxygen atoms in total. The Hall–Kier alpha value is -3.84. The fraction of sp³-hybridized carbons (Fsp3) is 0.280. The summed E-state index contributed by atoms with van der Waals surface area (Å²) in [6, 6.07) is 10.9. The molecule has 1 amide bonds. The van der Waals surface area contributed by atoms with Crippen molar-refractivity contribution < 1.29 is 26.4 Å². The molecule has 0 saturated carbocycles. The molecule has 0 spiro atoms. The number of hydrogen-bond acceptors (Lipinski definition) is 6. The Balaban J connectivity index is 0.000000177. The van der Waals surface area contributed by atoms with E-state index in [1.54, 1.807) is 18.3 Å². The number of amides is 1. The predicted octanol–water partition coefficient (Wildman–Crippen LogP) is 3.88. The molecule has 38 heavy (non-hydrogen) atoms. The number of nitrogens with one attached hydrogen (secondary N) is 1. The number of aryl methyl sites for hydroxylation is 1. The summed E-state index contributed by atoms with van der Waals surface area (Å²) in [7, 11) is -3.34. The zero-order valence-electron chi connectivity index (χ0n) is 20.5. The van der Waals surface area contributed by atoms with Crippen LogP contribution in [0, 0.1) is 6.92 Å². The van der Waals surface area contributed by atoms with Crippen molar-refractivity contribution in [3.63, 3.8) is 0 Å². The number of primary amides is 1. The van der Waals surface area contributed by atoms with Crippen LogP contribution in [0.3, 0.4) is 0 Å². The second kappa shape index (κ2) is 10.5. The number of halogens is 3. The van der Waals surface area contributed by atoms with E-state index in [9.17, 15) is 26.4 Å². The van der Waals surface area contributed by atoms with Crippen molar-refractivity contribution in [1.82, 2.24) is 24.5 Å². The van der Waals surface area contributed by atoms with E-state index in [4.69, 9.17) is 5.73 Å². The number of hydrogen-bond donors (Lipinski definition) is 2. The molecule has 1 fully saturated rings. The third-order valence-corrected chi connectivity index (χ3v) is 7.48. The maximum Gasteiger partial charge on any atom is 0.416 e. The molecule has 3 aromatic heterocycles. The van der Waals surface area contributed by atoms with E-state index in [1.165, 1.54) is 22.6 Å². The molecule has 13 heteroatoms. The van der Waals surface area contributed by atoms with Crippen LogP contribution in [0.15, 0.2) is 54.9 Å². The molecule has 4 aromatic rings. The van der Waals surface area contributed by atoms with Crippen LogP contribution in [-0.2, 0) is 16.2 Å². The standard InChI is InChI=1S/C13H11N5O.C12H14F3NO2S/c1-7-4-8(2-3-15-7)11-10-5-9(12(14)19)6-16-13(10)18-17-11;1-19(17,18)16-7-6-9(8-16)10-4-2-3-5-11(10)12(13,14)15/h2-6H,1H3,(H2,14,19)(H,16,17,18);2-5,9H,6-8H2,1H3. The number of nitrogens with zero attached hydrogens (tertiary/aromatic N) is 4. The van der Waals surface area contributed by atoms with Crippen LogP contribution in [0.1, 0.15) is 39.5 Å². The van der Waals surface area contributed by atoms with Crippen LogP contribution in [0.25, 0.3) is 22.3 Å². The monoisotopic (exact) mass is 546 g/mol. The van der Waals surface area contributed by atoms with Gasteiger partial charge in [0.05, 0.1) is 23.1 Å². The number of alkyl halides is 3. The van der Waals surface area contributed by atoms with Crippen molar-refractivity contribution in [3.05, 3.63) is 77.2 Å². The van der Waals surface area contributed by atoms with Crippen LogP contribution in [0.5, 0.6) is 0 Å². The number of pyridine rings is 2. The summed E-state index contributed by atoms with van der Waals surface area (Å²) in [5, 5.41) is 7.81. The van der Waals surface area contributed by atoms with Crippen molar-refractivity contribution in [1.29, 1.82) is 0 Å². The Kier molecular flexibility index (Phi) is 7.51. The third kappa shape index (κ3) is 6.00. The Morgan fingerprint density at radius 3 is 2.53 bits per heavy atom.